The summed E-state index contributed by atoms with van der Waals surface area (Å²) in [4.78, 5) is 26.7. The standard InChI is InChI=1S/C19H27BrN2O2/c1-13(15-7-5-6-8-16(15)20)21-17(23)14-9-11-22(12-10-14)18(24)19(2,3)4/h5-8,13-14H,9-12H2,1-4H3,(H,21,23). The molecular formula is C19H27BrN2O2. The maximum absolute atomic E-state index is 12.5. The van der Waals surface area contributed by atoms with Gasteiger partial charge in [0.2, 0.25) is 11.8 Å². The predicted octanol–water partition coefficient (Wildman–Crippen LogP) is 3.91. The smallest absolute Gasteiger partial charge is 0.227 e. The molecule has 1 aliphatic rings. The third-order valence-electron chi connectivity index (χ3n) is 4.53. The van der Waals surface area contributed by atoms with Gasteiger partial charge < -0.3 is 10.2 Å². The number of amides is 2. The quantitative estimate of drug-likeness (QED) is 0.844. The molecule has 0 spiro atoms. The van der Waals surface area contributed by atoms with Gasteiger partial charge in [0.15, 0.2) is 0 Å². The summed E-state index contributed by atoms with van der Waals surface area (Å²) in [5.41, 5.74) is 0.717. The topological polar surface area (TPSA) is 49.4 Å². The van der Waals surface area contributed by atoms with Crippen LogP contribution in [0.2, 0.25) is 0 Å². The lowest BCUT2D eigenvalue weighted by atomic mass is 9.90. The average Bonchev–Trinajstić information content (AvgIpc) is 2.53. The Hall–Kier alpha value is -1.36. The largest absolute Gasteiger partial charge is 0.349 e. The normalized spacial score (nSPS) is 17.5. The number of hydrogen-bond acceptors (Lipinski definition) is 2. The first kappa shape index (κ1) is 19.0. The average molecular weight is 395 g/mol. The highest BCUT2D eigenvalue weighted by molar-refractivity contribution is 9.10. The molecule has 0 bridgehead atoms. The van der Waals surface area contributed by atoms with E-state index in [0.717, 1.165) is 22.9 Å². The lowest BCUT2D eigenvalue weighted by Gasteiger charge is -2.35. The minimum atomic E-state index is -0.358. The van der Waals surface area contributed by atoms with E-state index in [2.05, 4.69) is 21.2 Å². The highest BCUT2D eigenvalue weighted by Crippen LogP contribution is 2.26. The lowest BCUT2D eigenvalue weighted by Crippen LogP contribution is -2.46. The molecule has 132 valence electrons. The number of hydrogen-bond donors (Lipinski definition) is 1. The Labute approximate surface area is 153 Å². The molecule has 5 heteroatoms. The monoisotopic (exact) mass is 394 g/mol. The van der Waals surface area contributed by atoms with Gasteiger partial charge in [-0.3, -0.25) is 9.59 Å². The first-order valence-corrected chi connectivity index (χ1v) is 9.33. The second kappa shape index (κ2) is 7.68. The number of rotatable bonds is 3. The highest BCUT2D eigenvalue weighted by atomic mass is 79.9. The van der Waals surface area contributed by atoms with Crippen LogP contribution in [-0.2, 0) is 9.59 Å². The Balaban J connectivity index is 1.89. The summed E-state index contributed by atoms with van der Waals surface area (Å²) in [6.45, 7) is 9.14. The fourth-order valence-electron chi connectivity index (χ4n) is 3.05. The molecule has 24 heavy (non-hydrogen) atoms. The fraction of sp³-hybridized carbons (Fsp3) is 0.579. The number of halogens is 1. The van der Waals surface area contributed by atoms with Gasteiger partial charge in [0.05, 0.1) is 6.04 Å². The van der Waals surface area contributed by atoms with E-state index in [1.54, 1.807) is 0 Å². The van der Waals surface area contributed by atoms with E-state index in [1.165, 1.54) is 0 Å². The van der Waals surface area contributed by atoms with Crippen molar-refractivity contribution in [3.63, 3.8) is 0 Å². The number of carbonyl (C=O) groups excluding carboxylic acids is 2. The first-order chi connectivity index (χ1) is 11.2. The minimum absolute atomic E-state index is 0.0149. The molecule has 0 aromatic heterocycles. The third-order valence-corrected chi connectivity index (χ3v) is 5.25. The van der Waals surface area contributed by atoms with Crippen molar-refractivity contribution in [2.45, 2.75) is 46.6 Å². The Kier molecular flexibility index (Phi) is 6.07. The van der Waals surface area contributed by atoms with Crippen molar-refractivity contribution >= 4 is 27.7 Å². The van der Waals surface area contributed by atoms with Crippen molar-refractivity contribution in [1.29, 1.82) is 0 Å². The molecule has 1 unspecified atom stereocenters. The fourth-order valence-corrected chi connectivity index (χ4v) is 3.68. The highest BCUT2D eigenvalue weighted by Gasteiger charge is 2.32. The van der Waals surface area contributed by atoms with Crippen LogP contribution in [0.4, 0.5) is 0 Å². The van der Waals surface area contributed by atoms with Crippen molar-refractivity contribution < 1.29 is 9.59 Å². The van der Waals surface area contributed by atoms with Crippen LogP contribution < -0.4 is 5.32 Å². The molecule has 1 aliphatic heterocycles. The Morgan fingerprint density at radius 3 is 2.33 bits per heavy atom. The molecular weight excluding hydrogens is 368 g/mol. The number of nitrogens with zero attached hydrogens (tertiary/aromatic N) is 1. The van der Waals surface area contributed by atoms with Gasteiger partial charge in [-0.25, -0.2) is 0 Å². The molecule has 1 atom stereocenters. The second-order valence-electron chi connectivity index (χ2n) is 7.57. The summed E-state index contributed by atoms with van der Waals surface area (Å²) in [7, 11) is 0. The van der Waals surface area contributed by atoms with Gasteiger partial charge in [0.25, 0.3) is 0 Å². The summed E-state index contributed by atoms with van der Waals surface area (Å²) in [6.07, 6.45) is 1.46. The first-order valence-electron chi connectivity index (χ1n) is 8.54. The van der Waals surface area contributed by atoms with Crippen LogP contribution in [0.3, 0.4) is 0 Å². The van der Waals surface area contributed by atoms with Crippen LogP contribution >= 0.6 is 15.9 Å². The third kappa shape index (κ3) is 4.59. The van der Waals surface area contributed by atoms with Crippen molar-refractivity contribution in [2.75, 3.05) is 13.1 Å². The molecule has 0 saturated carbocycles. The number of nitrogens with one attached hydrogen (secondary N) is 1. The van der Waals surface area contributed by atoms with Crippen LogP contribution in [-0.4, -0.2) is 29.8 Å². The second-order valence-corrected chi connectivity index (χ2v) is 8.42. The van der Waals surface area contributed by atoms with Gasteiger partial charge in [-0.05, 0) is 31.4 Å². The Bertz CT molecular complexity index is 602. The van der Waals surface area contributed by atoms with Crippen molar-refractivity contribution in [3.8, 4) is 0 Å². The van der Waals surface area contributed by atoms with Crippen LogP contribution in [0.15, 0.2) is 28.7 Å². The Morgan fingerprint density at radius 2 is 1.79 bits per heavy atom. The SMILES string of the molecule is CC(NC(=O)C1CCN(C(=O)C(C)(C)C)CC1)c1ccccc1Br. The minimum Gasteiger partial charge on any atom is -0.349 e. The maximum atomic E-state index is 12.5. The van der Waals surface area contributed by atoms with E-state index in [4.69, 9.17) is 0 Å². The summed E-state index contributed by atoms with van der Waals surface area (Å²) in [6, 6.07) is 7.89. The molecule has 2 amide bonds. The number of carbonyl (C=O) groups is 2. The van der Waals surface area contributed by atoms with Gasteiger partial charge in [0.1, 0.15) is 0 Å². The molecule has 1 aromatic rings. The molecule has 1 saturated heterocycles. The zero-order chi connectivity index (χ0) is 17.9. The summed E-state index contributed by atoms with van der Waals surface area (Å²) < 4.78 is 1.00. The summed E-state index contributed by atoms with van der Waals surface area (Å²) in [5, 5.41) is 3.11. The zero-order valence-electron chi connectivity index (χ0n) is 14.9. The number of piperidine rings is 1. The van der Waals surface area contributed by atoms with Crippen molar-refractivity contribution in [3.05, 3.63) is 34.3 Å². The molecule has 1 N–H and O–H groups in total. The van der Waals surface area contributed by atoms with Crippen LogP contribution in [0, 0.1) is 11.3 Å². The van der Waals surface area contributed by atoms with Gasteiger partial charge in [-0.2, -0.15) is 0 Å². The van der Waals surface area contributed by atoms with Crippen LogP contribution in [0.25, 0.3) is 0 Å². The van der Waals surface area contributed by atoms with E-state index < -0.39 is 0 Å². The van der Waals surface area contributed by atoms with Crippen LogP contribution in [0.1, 0.15) is 52.1 Å². The molecule has 1 fully saturated rings. The van der Waals surface area contributed by atoms with E-state index in [-0.39, 0.29) is 29.2 Å². The summed E-state index contributed by atoms with van der Waals surface area (Å²) >= 11 is 3.53. The van der Waals surface area contributed by atoms with E-state index in [1.807, 2.05) is 56.9 Å². The predicted molar refractivity (Wildman–Crippen MR) is 99.5 cm³/mol. The van der Waals surface area contributed by atoms with Crippen LogP contribution in [0.5, 0.6) is 0 Å². The van der Waals surface area contributed by atoms with Gasteiger partial charge >= 0.3 is 0 Å². The molecule has 2 rings (SSSR count). The molecule has 0 aliphatic carbocycles. The zero-order valence-corrected chi connectivity index (χ0v) is 16.5. The molecule has 1 heterocycles. The molecule has 0 radical (unpaired) electrons. The molecule has 4 nitrogen and oxygen atoms in total. The molecule has 1 aromatic carbocycles. The summed E-state index contributed by atoms with van der Waals surface area (Å²) in [5.74, 6) is 0.239. The van der Waals surface area contributed by atoms with E-state index >= 15 is 0 Å². The lowest BCUT2D eigenvalue weighted by molar-refractivity contribution is -0.142. The van der Waals surface area contributed by atoms with Crippen molar-refractivity contribution in [1.82, 2.24) is 10.2 Å². The number of benzene rings is 1. The van der Waals surface area contributed by atoms with E-state index in [9.17, 15) is 9.59 Å². The Morgan fingerprint density at radius 1 is 1.21 bits per heavy atom. The van der Waals surface area contributed by atoms with Crippen molar-refractivity contribution in [2.24, 2.45) is 11.3 Å². The van der Waals surface area contributed by atoms with Gasteiger partial charge in [0, 0.05) is 28.9 Å². The van der Waals surface area contributed by atoms with Gasteiger partial charge in [-0.15, -0.1) is 0 Å². The van der Waals surface area contributed by atoms with Gasteiger partial charge in [-0.1, -0.05) is 54.9 Å². The van der Waals surface area contributed by atoms with E-state index in [0.29, 0.717) is 13.1 Å². The number of likely N-dealkylation sites (tertiary alicyclic amines) is 1. The maximum Gasteiger partial charge on any atom is 0.227 e.